The quantitative estimate of drug-likeness (QED) is 0.873. The fourth-order valence-electron chi connectivity index (χ4n) is 3.35. The lowest BCUT2D eigenvalue weighted by Crippen LogP contribution is -2.37. The van der Waals surface area contributed by atoms with E-state index in [1.54, 1.807) is 7.11 Å². The summed E-state index contributed by atoms with van der Waals surface area (Å²) in [6, 6.07) is 9.52. The number of H-pyrrole nitrogens is 1. The van der Waals surface area contributed by atoms with Crippen molar-refractivity contribution in [3.05, 3.63) is 35.5 Å². The molecule has 2 unspecified atom stereocenters. The molecule has 0 aliphatic heterocycles. The zero-order valence-corrected chi connectivity index (χ0v) is 12.4. The fourth-order valence-corrected chi connectivity index (χ4v) is 3.35. The second-order valence-corrected chi connectivity index (χ2v) is 5.73. The molecule has 1 aliphatic carbocycles. The second-order valence-electron chi connectivity index (χ2n) is 5.73. The van der Waals surface area contributed by atoms with Crippen molar-refractivity contribution in [2.24, 2.45) is 0 Å². The lowest BCUT2D eigenvalue weighted by atomic mass is 9.91. The van der Waals surface area contributed by atoms with Crippen molar-refractivity contribution in [2.45, 2.75) is 44.7 Å². The summed E-state index contributed by atoms with van der Waals surface area (Å²) in [5.41, 5.74) is 4.18. The number of aryl methyl sites for hydroxylation is 1. The molecule has 20 heavy (non-hydrogen) atoms. The molecule has 1 aliphatic rings. The Hall–Kier alpha value is -1.32. The van der Waals surface area contributed by atoms with Crippen LogP contribution in [0, 0.1) is 0 Å². The number of aromatic nitrogens is 1. The van der Waals surface area contributed by atoms with Gasteiger partial charge in [-0.1, -0.05) is 25.1 Å². The summed E-state index contributed by atoms with van der Waals surface area (Å²) in [7, 11) is 1.78. The maximum Gasteiger partial charge on any atom is 0.0615 e. The highest BCUT2D eigenvalue weighted by Crippen LogP contribution is 2.34. The van der Waals surface area contributed by atoms with Crippen LogP contribution in [0.4, 0.5) is 0 Å². The highest BCUT2D eigenvalue weighted by molar-refractivity contribution is 5.85. The number of hydrogen-bond donors (Lipinski definition) is 2. The number of nitrogens with one attached hydrogen (secondary N) is 2. The first kappa shape index (κ1) is 13.7. The molecule has 0 bridgehead atoms. The molecule has 1 aromatic carbocycles. The third kappa shape index (κ3) is 2.48. The Morgan fingerprint density at radius 2 is 2.25 bits per heavy atom. The van der Waals surface area contributed by atoms with Crippen molar-refractivity contribution in [1.29, 1.82) is 0 Å². The highest BCUT2D eigenvalue weighted by Gasteiger charge is 2.25. The summed E-state index contributed by atoms with van der Waals surface area (Å²) >= 11 is 0. The molecule has 108 valence electrons. The molecule has 3 heteroatoms. The van der Waals surface area contributed by atoms with E-state index in [0.29, 0.717) is 12.1 Å². The van der Waals surface area contributed by atoms with E-state index in [1.807, 2.05) is 0 Å². The number of ether oxygens (including phenoxy) is 1. The van der Waals surface area contributed by atoms with E-state index >= 15 is 0 Å². The molecular formula is C17H24N2O. The Labute approximate surface area is 120 Å². The van der Waals surface area contributed by atoms with E-state index in [0.717, 1.165) is 13.0 Å². The number of methoxy groups -OCH3 is 1. The largest absolute Gasteiger partial charge is 0.383 e. The van der Waals surface area contributed by atoms with Crippen molar-refractivity contribution in [2.75, 3.05) is 13.7 Å². The molecule has 3 nitrogen and oxygen atoms in total. The van der Waals surface area contributed by atoms with Crippen LogP contribution in [0.25, 0.3) is 10.9 Å². The number of para-hydroxylation sites is 1. The maximum atomic E-state index is 5.31. The van der Waals surface area contributed by atoms with Gasteiger partial charge in [-0.15, -0.1) is 0 Å². The van der Waals surface area contributed by atoms with E-state index in [2.05, 4.69) is 41.5 Å². The second kappa shape index (κ2) is 5.98. The van der Waals surface area contributed by atoms with Gasteiger partial charge in [0.15, 0.2) is 0 Å². The van der Waals surface area contributed by atoms with Crippen molar-refractivity contribution >= 4 is 10.9 Å². The topological polar surface area (TPSA) is 37.0 Å². The van der Waals surface area contributed by atoms with Gasteiger partial charge in [-0.05, 0) is 37.3 Å². The number of benzene rings is 1. The van der Waals surface area contributed by atoms with Crippen LogP contribution in [0.2, 0.25) is 0 Å². The van der Waals surface area contributed by atoms with Gasteiger partial charge < -0.3 is 15.0 Å². The minimum Gasteiger partial charge on any atom is -0.383 e. The van der Waals surface area contributed by atoms with Gasteiger partial charge in [0.1, 0.15) is 0 Å². The normalized spacial score (nSPS) is 20.0. The maximum absolute atomic E-state index is 5.31. The molecule has 0 fully saturated rings. The Kier molecular flexibility index (Phi) is 4.08. The molecule has 0 radical (unpaired) electrons. The Morgan fingerprint density at radius 3 is 3.05 bits per heavy atom. The van der Waals surface area contributed by atoms with E-state index in [4.69, 9.17) is 4.74 Å². The third-order valence-corrected chi connectivity index (χ3v) is 4.41. The Morgan fingerprint density at radius 1 is 1.40 bits per heavy atom. The molecular weight excluding hydrogens is 248 g/mol. The number of fused-ring (bicyclic) bond motifs is 3. The zero-order chi connectivity index (χ0) is 13.9. The first-order valence-corrected chi connectivity index (χ1v) is 7.68. The Bertz CT molecular complexity index is 575. The molecule has 0 saturated heterocycles. The molecule has 2 aromatic rings. The average Bonchev–Trinajstić information content (AvgIpc) is 2.86. The molecule has 1 aromatic heterocycles. The lowest BCUT2D eigenvalue weighted by molar-refractivity contribution is 0.156. The van der Waals surface area contributed by atoms with E-state index in [-0.39, 0.29) is 0 Å². The van der Waals surface area contributed by atoms with Crippen molar-refractivity contribution in [3.8, 4) is 0 Å². The highest BCUT2D eigenvalue weighted by atomic mass is 16.5. The van der Waals surface area contributed by atoms with Crippen LogP contribution in [0.3, 0.4) is 0 Å². The smallest absolute Gasteiger partial charge is 0.0615 e. The van der Waals surface area contributed by atoms with Gasteiger partial charge in [-0.3, -0.25) is 0 Å². The zero-order valence-electron chi connectivity index (χ0n) is 12.4. The minimum atomic E-state index is 0.433. The summed E-state index contributed by atoms with van der Waals surface area (Å²) in [4.78, 5) is 3.63. The number of hydrogen-bond acceptors (Lipinski definition) is 2. The molecule has 1 heterocycles. The SMILES string of the molecule is CCC(COC)NC1CCCc2c1[nH]c1ccccc21. The fraction of sp³-hybridized carbons (Fsp3) is 0.529. The van der Waals surface area contributed by atoms with Crippen LogP contribution >= 0.6 is 0 Å². The van der Waals surface area contributed by atoms with Gasteiger partial charge in [0.2, 0.25) is 0 Å². The number of aromatic amines is 1. The van der Waals surface area contributed by atoms with Crippen molar-refractivity contribution < 1.29 is 4.74 Å². The number of rotatable bonds is 5. The summed E-state index contributed by atoms with van der Waals surface area (Å²) < 4.78 is 5.31. The molecule has 3 rings (SSSR count). The minimum absolute atomic E-state index is 0.433. The first-order valence-electron chi connectivity index (χ1n) is 7.68. The van der Waals surface area contributed by atoms with Crippen LogP contribution in [0.5, 0.6) is 0 Å². The van der Waals surface area contributed by atoms with Crippen LogP contribution in [0.1, 0.15) is 43.5 Å². The van der Waals surface area contributed by atoms with Crippen LogP contribution in [-0.2, 0) is 11.2 Å². The summed E-state index contributed by atoms with van der Waals surface area (Å²) in [6.45, 7) is 2.99. The van der Waals surface area contributed by atoms with Crippen LogP contribution in [-0.4, -0.2) is 24.7 Å². The summed E-state index contributed by atoms with van der Waals surface area (Å²) in [6.07, 6.45) is 4.76. The monoisotopic (exact) mass is 272 g/mol. The molecule has 2 N–H and O–H groups in total. The average molecular weight is 272 g/mol. The molecule has 0 saturated carbocycles. The first-order chi connectivity index (χ1) is 9.83. The van der Waals surface area contributed by atoms with E-state index in [9.17, 15) is 0 Å². The standard InChI is InChI=1S/C17H24N2O/c1-3-12(11-20-2)18-16-10-6-8-14-13-7-4-5-9-15(13)19-17(14)16/h4-5,7,9,12,16,18-19H,3,6,8,10-11H2,1-2H3. The van der Waals surface area contributed by atoms with Gasteiger partial charge >= 0.3 is 0 Å². The van der Waals surface area contributed by atoms with Crippen molar-refractivity contribution in [1.82, 2.24) is 10.3 Å². The summed E-state index contributed by atoms with van der Waals surface area (Å²) in [5, 5.41) is 5.16. The van der Waals surface area contributed by atoms with Gasteiger partial charge in [-0.25, -0.2) is 0 Å². The predicted octanol–water partition coefficient (Wildman–Crippen LogP) is 3.56. The van der Waals surface area contributed by atoms with Gasteiger partial charge in [-0.2, -0.15) is 0 Å². The van der Waals surface area contributed by atoms with Gasteiger partial charge in [0.05, 0.1) is 6.61 Å². The van der Waals surface area contributed by atoms with E-state index in [1.165, 1.54) is 41.4 Å². The van der Waals surface area contributed by atoms with Crippen LogP contribution < -0.4 is 5.32 Å². The van der Waals surface area contributed by atoms with Crippen molar-refractivity contribution in [3.63, 3.8) is 0 Å². The molecule has 0 spiro atoms. The predicted molar refractivity (Wildman–Crippen MR) is 83.1 cm³/mol. The Balaban J connectivity index is 1.89. The summed E-state index contributed by atoms with van der Waals surface area (Å²) in [5.74, 6) is 0. The van der Waals surface area contributed by atoms with Gasteiger partial charge in [0, 0.05) is 35.8 Å². The van der Waals surface area contributed by atoms with E-state index < -0.39 is 0 Å². The third-order valence-electron chi connectivity index (χ3n) is 4.41. The molecule has 2 atom stereocenters. The molecule has 0 amide bonds. The van der Waals surface area contributed by atoms with Crippen LogP contribution in [0.15, 0.2) is 24.3 Å². The van der Waals surface area contributed by atoms with Gasteiger partial charge in [0.25, 0.3) is 0 Å². The lowest BCUT2D eigenvalue weighted by Gasteiger charge is -2.28.